The molecule has 0 bridgehead atoms. The summed E-state index contributed by atoms with van der Waals surface area (Å²) in [5, 5.41) is 0. The van der Waals surface area contributed by atoms with Crippen LogP contribution in [0.25, 0.3) is 0 Å². The Bertz CT molecular complexity index is 678. The summed E-state index contributed by atoms with van der Waals surface area (Å²) in [5.41, 5.74) is 2.00. The molecule has 7 heteroatoms. The van der Waals surface area contributed by atoms with Gasteiger partial charge in [-0.05, 0) is 31.2 Å². The van der Waals surface area contributed by atoms with Crippen molar-refractivity contribution < 1.29 is 8.42 Å². The molecule has 2 aliphatic rings. The van der Waals surface area contributed by atoms with Gasteiger partial charge in [-0.2, -0.15) is 4.31 Å². The van der Waals surface area contributed by atoms with Gasteiger partial charge < -0.3 is 4.90 Å². The fraction of sp³-hybridized carbons (Fsp3) is 0.765. The molecule has 0 N–H and O–H groups in total. The molecule has 0 aromatic carbocycles. The predicted octanol–water partition coefficient (Wildman–Crippen LogP) is 2.16. The van der Waals surface area contributed by atoms with Crippen molar-refractivity contribution in [2.24, 2.45) is 5.92 Å². The van der Waals surface area contributed by atoms with Gasteiger partial charge >= 0.3 is 0 Å². The third-order valence-corrected chi connectivity index (χ3v) is 6.75. The van der Waals surface area contributed by atoms with Gasteiger partial charge in [-0.1, -0.05) is 26.7 Å². The SMILES string of the molecule is Cc1cc(C(C)C)nc(N2CCN(S(=O)(=O)CCC3CC3)CC2)n1. The van der Waals surface area contributed by atoms with E-state index >= 15 is 0 Å². The quantitative estimate of drug-likeness (QED) is 0.785. The number of piperazine rings is 1. The maximum atomic E-state index is 12.4. The second kappa shape index (κ2) is 6.96. The molecule has 1 saturated carbocycles. The summed E-state index contributed by atoms with van der Waals surface area (Å²) in [7, 11) is -3.11. The second-order valence-corrected chi connectivity index (χ2v) is 9.41. The van der Waals surface area contributed by atoms with Gasteiger partial charge in [0, 0.05) is 37.6 Å². The van der Waals surface area contributed by atoms with Gasteiger partial charge in [0.05, 0.1) is 5.75 Å². The van der Waals surface area contributed by atoms with E-state index in [1.807, 2.05) is 13.0 Å². The zero-order valence-electron chi connectivity index (χ0n) is 14.9. The van der Waals surface area contributed by atoms with Crippen molar-refractivity contribution in [3.8, 4) is 0 Å². The Morgan fingerprint density at radius 1 is 1.17 bits per heavy atom. The fourth-order valence-electron chi connectivity index (χ4n) is 3.03. The lowest BCUT2D eigenvalue weighted by Gasteiger charge is -2.34. The molecule has 0 spiro atoms. The Kier molecular flexibility index (Phi) is 5.11. The highest BCUT2D eigenvalue weighted by Crippen LogP contribution is 2.33. The first-order chi connectivity index (χ1) is 11.3. The van der Waals surface area contributed by atoms with Crippen LogP contribution in [0.4, 0.5) is 5.95 Å². The van der Waals surface area contributed by atoms with Crippen LogP contribution in [0.2, 0.25) is 0 Å². The molecule has 0 radical (unpaired) electrons. The lowest BCUT2D eigenvalue weighted by atomic mass is 10.1. The number of rotatable bonds is 6. The normalized spacial score (nSPS) is 19.9. The largest absolute Gasteiger partial charge is 0.338 e. The highest BCUT2D eigenvalue weighted by molar-refractivity contribution is 7.89. The molecule has 3 rings (SSSR count). The van der Waals surface area contributed by atoms with Crippen molar-refractivity contribution in [2.75, 3.05) is 36.8 Å². The average Bonchev–Trinajstić information content (AvgIpc) is 3.37. The number of sulfonamides is 1. The summed E-state index contributed by atoms with van der Waals surface area (Å²) in [6.45, 7) is 8.59. The Balaban J connectivity index is 1.62. The standard InChI is InChI=1S/C17H28N4O2S/c1-13(2)16-12-14(3)18-17(19-16)20-7-9-21(10-8-20)24(22,23)11-6-15-4-5-15/h12-13,15H,4-11H2,1-3H3. The lowest BCUT2D eigenvalue weighted by molar-refractivity contribution is 0.381. The molecule has 24 heavy (non-hydrogen) atoms. The van der Waals surface area contributed by atoms with E-state index in [1.165, 1.54) is 12.8 Å². The molecule has 0 amide bonds. The summed E-state index contributed by atoms with van der Waals surface area (Å²) >= 11 is 0. The van der Waals surface area contributed by atoms with Gasteiger partial charge in [0.15, 0.2) is 0 Å². The van der Waals surface area contributed by atoms with Crippen molar-refractivity contribution in [3.05, 3.63) is 17.5 Å². The summed E-state index contributed by atoms with van der Waals surface area (Å²) in [6, 6.07) is 2.02. The van der Waals surface area contributed by atoms with Gasteiger partial charge in [0.1, 0.15) is 0 Å². The van der Waals surface area contributed by atoms with Crippen molar-refractivity contribution in [1.82, 2.24) is 14.3 Å². The van der Waals surface area contributed by atoms with Crippen LogP contribution in [0.3, 0.4) is 0 Å². The van der Waals surface area contributed by atoms with E-state index in [2.05, 4.69) is 28.7 Å². The van der Waals surface area contributed by atoms with Crippen LogP contribution in [-0.2, 0) is 10.0 Å². The third kappa shape index (κ3) is 4.25. The van der Waals surface area contributed by atoms with E-state index in [9.17, 15) is 8.42 Å². The Morgan fingerprint density at radius 3 is 2.42 bits per heavy atom. The fourth-order valence-corrected chi connectivity index (χ4v) is 4.64. The van der Waals surface area contributed by atoms with Crippen LogP contribution < -0.4 is 4.90 Å². The highest BCUT2D eigenvalue weighted by atomic mass is 32.2. The minimum absolute atomic E-state index is 0.302. The molecular formula is C17H28N4O2S. The Hall–Kier alpha value is -1.21. The molecule has 1 aromatic rings. The van der Waals surface area contributed by atoms with Crippen molar-refractivity contribution in [1.29, 1.82) is 0 Å². The number of aryl methyl sites for hydroxylation is 1. The topological polar surface area (TPSA) is 66.4 Å². The Labute approximate surface area is 145 Å². The van der Waals surface area contributed by atoms with Crippen molar-refractivity contribution >= 4 is 16.0 Å². The molecule has 0 unspecified atom stereocenters. The zero-order valence-corrected chi connectivity index (χ0v) is 15.7. The molecule has 1 aromatic heterocycles. The molecule has 6 nitrogen and oxygen atoms in total. The van der Waals surface area contributed by atoms with Crippen LogP contribution in [0.15, 0.2) is 6.07 Å². The van der Waals surface area contributed by atoms with Crippen LogP contribution in [0, 0.1) is 12.8 Å². The number of hydrogen-bond acceptors (Lipinski definition) is 5. The summed E-state index contributed by atoms with van der Waals surface area (Å²) in [5.74, 6) is 2.04. The van der Waals surface area contributed by atoms with E-state index in [0.717, 1.165) is 23.8 Å². The summed E-state index contributed by atoms with van der Waals surface area (Å²) in [6.07, 6.45) is 3.22. The number of hydrogen-bond donors (Lipinski definition) is 0. The average molecular weight is 353 g/mol. The minimum atomic E-state index is -3.11. The maximum absolute atomic E-state index is 12.4. The monoisotopic (exact) mass is 352 g/mol. The van der Waals surface area contributed by atoms with E-state index in [-0.39, 0.29) is 0 Å². The molecule has 2 fully saturated rings. The van der Waals surface area contributed by atoms with Gasteiger partial charge in [-0.25, -0.2) is 18.4 Å². The van der Waals surface area contributed by atoms with Crippen molar-refractivity contribution in [3.63, 3.8) is 0 Å². The number of anilines is 1. The Morgan fingerprint density at radius 2 is 1.83 bits per heavy atom. The maximum Gasteiger partial charge on any atom is 0.225 e. The van der Waals surface area contributed by atoms with E-state index in [0.29, 0.717) is 43.8 Å². The van der Waals surface area contributed by atoms with Gasteiger partial charge in [0.25, 0.3) is 0 Å². The molecular weight excluding hydrogens is 324 g/mol. The molecule has 1 saturated heterocycles. The lowest BCUT2D eigenvalue weighted by Crippen LogP contribution is -2.49. The van der Waals surface area contributed by atoms with Gasteiger partial charge in [-0.15, -0.1) is 0 Å². The van der Waals surface area contributed by atoms with E-state index in [1.54, 1.807) is 4.31 Å². The second-order valence-electron chi connectivity index (χ2n) is 7.32. The first kappa shape index (κ1) is 17.6. The molecule has 2 heterocycles. The highest BCUT2D eigenvalue weighted by Gasteiger charge is 2.30. The number of nitrogens with zero attached hydrogens (tertiary/aromatic N) is 4. The summed E-state index contributed by atoms with van der Waals surface area (Å²) in [4.78, 5) is 11.3. The first-order valence-electron chi connectivity index (χ1n) is 8.93. The van der Waals surface area contributed by atoms with Crippen LogP contribution in [0.1, 0.15) is 50.4 Å². The van der Waals surface area contributed by atoms with E-state index < -0.39 is 10.0 Å². The molecule has 1 aliphatic carbocycles. The van der Waals surface area contributed by atoms with Crippen LogP contribution >= 0.6 is 0 Å². The van der Waals surface area contributed by atoms with Gasteiger partial charge in [-0.3, -0.25) is 0 Å². The summed E-state index contributed by atoms with van der Waals surface area (Å²) < 4.78 is 26.5. The van der Waals surface area contributed by atoms with Crippen LogP contribution in [-0.4, -0.2) is 54.6 Å². The smallest absolute Gasteiger partial charge is 0.225 e. The molecule has 134 valence electrons. The molecule has 0 atom stereocenters. The zero-order chi connectivity index (χ0) is 17.3. The predicted molar refractivity (Wildman–Crippen MR) is 95.8 cm³/mol. The number of aromatic nitrogens is 2. The first-order valence-corrected chi connectivity index (χ1v) is 10.5. The third-order valence-electron chi connectivity index (χ3n) is 4.85. The van der Waals surface area contributed by atoms with Crippen LogP contribution in [0.5, 0.6) is 0 Å². The van der Waals surface area contributed by atoms with Crippen molar-refractivity contribution in [2.45, 2.75) is 46.0 Å². The minimum Gasteiger partial charge on any atom is -0.338 e. The van der Waals surface area contributed by atoms with E-state index in [4.69, 9.17) is 0 Å². The molecule has 1 aliphatic heterocycles. The van der Waals surface area contributed by atoms with Gasteiger partial charge in [0.2, 0.25) is 16.0 Å².